The molecule has 0 spiro atoms. The van der Waals surface area contributed by atoms with Crippen LogP contribution >= 0.6 is 11.3 Å². The van der Waals surface area contributed by atoms with Crippen LogP contribution in [0, 0.1) is 23.7 Å². The number of aromatic nitrogens is 1. The van der Waals surface area contributed by atoms with Crippen LogP contribution in [-0.2, 0) is 57.1 Å². The van der Waals surface area contributed by atoms with E-state index < -0.39 is 6.10 Å². The molecule has 0 bridgehead atoms. The fourth-order valence-corrected chi connectivity index (χ4v) is 8.56. The van der Waals surface area contributed by atoms with Crippen LogP contribution in [0.15, 0.2) is 24.3 Å². The van der Waals surface area contributed by atoms with Gasteiger partial charge in [0.25, 0.3) is 0 Å². The van der Waals surface area contributed by atoms with Gasteiger partial charge in [0.2, 0.25) is 0 Å². The molecule has 0 saturated heterocycles. The number of carbonyl (C=O) groups excluding carboxylic acids is 4. The van der Waals surface area contributed by atoms with E-state index in [1.54, 1.807) is 25.6 Å². The lowest BCUT2D eigenvalue weighted by atomic mass is 9.81. The maximum absolute atomic E-state index is 13.5. The Morgan fingerprint density at radius 3 is 1.62 bits per heavy atom. The third kappa shape index (κ3) is 12.4. The Bertz CT molecular complexity index is 1420. The Morgan fingerprint density at radius 1 is 0.604 bits per heavy atom. The van der Waals surface area contributed by atoms with E-state index in [1.807, 2.05) is 24.3 Å². The predicted octanol–water partition coefficient (Wildman–Crippen LogP) is 5.41. The van der Waals surface area contributed by atoms with Gasteiger partial charge in [0.05, 0.1) is 79.4 Å². The summed E-state index contributed by atoms with van der Waals surface area (Å²) in [5.74, 6) is -2.22. The van der Waals surface area contributed by atoms with E-state index in [9.17, 15) is 19.2 Å². The monoisotopic (exact) mass is 761 g/mol. The summed E-state index contributed by atoms with van der Waals surface area (Å²) in [7, 11) is 3.20. The van der Waals surface area contributed by atoms with Gasteiger partial charge in [-0.1, -0.05) is 12.1 Å². The molecule has 3 aliphatic rings. The van der Waals surface area contributed by atoms with Gasteiger partial charge in [0.15, 0.2) is 0 Å². The van der Waals surface area contributed by atoms with Gasteiger partial charge in [-0.2, -0.15) is 0 Å². The summed E-state index contributed by atoms with van der Waals surface area (Å²) in [5, 5.41) is 0.866. The Labute approximate surface area is 315 Å². The Hall–Kier alpha value is -3.17. The zero-order valence-corrected chi connectivity index (χ0v) is 31.9. The third-order valence-electron chi connectivity index (χ3n) is 10.5. The number of methoxy groups -OCH3 is 2. The molecule has 3 fully saturated rings. The van der Waals surface area contributed by atoms with E-state index in [-0.39, 0.29) is 72.8 Å². The number of hydrogen-bond donors (Lipinski definition) is 0. The second kappa shape index (κ2) is 21.7. The number of thiazole rings is 1. The van der Waals surface area contributed by atoms with Gasteiger partial charge >= 0.3 is 23.9 Å². The summed E-state index contributed by atoms with van der Waals surface area (Å²) in [5.41, 5.74) is 0.886. The highest BCUT2D eigenvalue weighted by atomic mass is 32.1. The second-order valence-electron chi connectivity index (χ2n) is 14.1. The van der Waals surface area contributed by atoms with Crippen LogP contribution in [0.3, 0.4) is 0 Å². The van der Waals surface area contributed by atoms with Crippen molar-refractivity contribution in [1.82, 2.24) is 4.98 Å². The summed E-state index contributed by atoms with van der Waals surface area (Å²) in [6.45, 7) is 2.91. The van der Waals surface area contributed by atoms with Crippen molar-refractivity contribution >= 4 is 45.4 Å². The van der Waals surface area contributed by atoms with Gasteiger partial charge in [-0.3, -0.25) is 19.2 Å². The maximum Gasteiger partial charge on any atom is 0.309 e. The first-order chi connectivity index (χ1) is 25.9. The number of hydrogen-bond acceptors (Lipinski definition) is 14. The van der Waals surface area contributed by atoms with Crippen LogP contribution in [0.5, 0.6) is 0 Å². The van der Waals surface area contributed by atoms with E-state index in [0.717, 1.165) is 15.2 Å². The number of para-hydroxylation sites is 1. The van der Waals surface area contributed by atoms with Crippen LogP contribution in [0.2, 0.25) is 0 Å². The van der Waals surface area contributed by atoms with Gasteiger partial charge in [-0.15, -0.1) is 11.3 Å². The molecule has 5 rings (SSSR count). The van der Waals surface area contributed by atoms with Crippen LogP contribution in [0.25, 0.3) is 10.2 Å². The fourth-order valence-electron chi connectivity index (χ4n) is 7.42. The smallest absolute Gasteiger partial charge is 0.309 e. The van der Waals surface area contributed by atoms with Crippen LogP contribution < -0.4 is 0 Å². The number of nitrogens with zero attached hydrogens (tertiary/aromatic N) is 1. The minimum Gasteiger partial charge on any atom is -0.463 e. The molecule has 3 atom stereocenters. The van der Waals surface area contributed by atoms with Crippen molar-refractivity contribution in [3.8, 4) is 0 Å². The highest BCUT2D eigenvalue weighted by molar-refractivity contribution is 7.18. The molecule has 14 heteroatoms. The summed E-state index contributed by atoms with van der Waals surface area (Å²) in [6.07, 6.45) is 5.45. The predicted molar refractivity (Wildman–Crippen MR) is 194 cm³/mol. The molecule has 2 aromatic rings. The minimum atomic E-state index is -0.398. The zero-order chi connectivity index (χ0) is 37.4. The number of esters is 4. The lowest BCUT2D eigenvalue weighted by Gasteiger charge is -2.36. The minimum absolute atomic E-state index is 0.195. The lowest BCUT2D eigenvalue weighted by molar-refractivity contribution is -0.167. The van der Waals surface area contributed by atoms with Gasteiger partial charge in [-0.05, 0) is 82.8 Å². The summed E-state index contributed by atoms with van der Waals surface area (Å²) >= 11 is 1.58. The van der Waals surface area contributed by atoms with Crippen molar-refractivity contribution in [3.05, 3.63) is 29.3 Å². The topological polar surface area (TPSA) is 155 Å². The van der Waals surface area contributed by atoms with Gasteiger partial charge in [0.1, 0.15) is 30.4 Å². The molecular formula is C39H55NO12S. The van der Waals surface area contributed by atoms with Gasteiger partial charge < -0.3 is 37.9 Å². The molecule has 1 heterocycles. The molecule has 0 radical (unpaired) electrons. The number of ether oxygens (including phenoxy) is 8. The standard InChI is InChI=1S/C39H55NO12S/c1-45-17-19-47-21-23-49-36(41)26-7-11-28(12-8-26)38(43)51-30-15-16-33(31(25-30)35-40-32-5-3-4-6-34(32)53-35)52-39(44)29-13-9-27(10-14-29)37(42)50-24-22-48-20-18-46-2/h3-6,26-31,33H,7-25H2,1-2H3. The van der Waals surface area contributed by atoms with Crippen molar-refractivity contribution in [2.45, 2.75) is 88.8 Å². The SMILES string of the molecule is COCCOCCOC(=O)C1CCC(C(=O)OC2CCC(OC(=O)C3CCC(C(=O)OCCOCCOC)CC3)C(c3nc4ccccc4s3)C2)CC1. The van der Waals surface area contributed by atoms with Gasteiger partial charge in [-0.25, -0.2) is 4.98 Å². The first-order valence-electron chi connectivity index (χ1n) is 19.1. The normalized spacial score (nSPS) is 26.1. The van der Waals surface area contributed by atoms with Crippen molar-refractivity contribution in [2.24, 2.45) is 23.7 Å². The number of carbonyl (C=O) groups is 4. The number of rotatable bonds is 19. The second-order valence-corrected chi connectivity index (χ2v) is 15.2. The van der Waals surface area contributed by atoms with E-state index in [1.165, 1.54) is 0 Å². The molecule has 53 heavy (non-hydrogen) atoms. The quantitative estimate of drug-likeness (QED) is 0.102. The fraction of sp³-hybridized carbons (Fsp3) is 0.718. The summed E-state index contributed by atoms with van der Waals surface area (Å²) in [6, 6.07) is 7.92. The van der Waals surface area contributed by atoms with Crippen LogP contribution in [0.4, 0.5) is 0 Å². The Morgan fingerprint density at radius 2 is 1.09 bits per heavy atom. The molecule has 1 aromatic heterocycles. The van der Waals surface area contributed by atoms with Crippen molar-refractivity contribution in [1.29, 1.82) is 0 Å². The first kappa shape index (κ1) is 41.0. The lowest BCUT2D eigenvalue weighted by Crippen LogP contribution is -2.39. The number of benzene rings is 1. The Balaban J connectivity index is 1.10. The molecule has 0 aliphatic heterocycles. The van der Waals surface area contributed by atoms with Crippen molar-refractivity contribution in [3.63, 3.8) is 0 Å². The van der Waals surface area contributed by atoms with Gasteiger partial charge in [0, 0.05) is 14.2 Å². The van der Waals surface area contributed by atoms with E-state index in [2.05, 4.69) is 0 Å². The first-order valence-corrected chi connectivity index (χ1v) is 19.9. The van der Waals surface area contributed by atoms with Crippen molar-refractivity contribution < 1.29 is 57.1 Å². The molecule has 294 valence electrons. The third-order valence-corrected chi connectivity index (χ3v) is 11.7. The highest BCUT2D eigenvalue weighted by Gasteiger charge is 2.41. The molecular weight excluding hydrogens is 706 g/mol. The van der Waals surface area contributed by atoms with E-state index >= 15 is 0 Å². The van der Waals surface area contributed by atoms with Crippen LogP contribution in [0.1, 0.15) is 81.6 Å². The summed E-state index contributed by atoms with van der Waals surface area (Å²) < 4.78 is 44.8. The van der Waals surface area contributed by atoms with E-state index in [4.69, 9.17) is 42.9 Å². The molecule has 0 N–H and O–H groups in total. The van der Waals surface area contributed by atoms with E-state index in [0.29, 0.717) is 110 Å². The zero-order valence-electron chi connectivity index (χ0n) is 31.0. The Kier molecular flexibility index (Phi) is 16.8. The van der Waals surface area contributed by atoms with Crippen molar-refractivity contribution in [2.75, 3.05) is 67.1 Å². The highest BCUT2D eigenvalue weighted by Crippen LogP contribution is 2.41. The molecule has 0 amide bonds. The largest absolute Gasteiger partial charge is 0.463 e. The average Bonchev–Trinajstić information content (AvgIpc) is 3.62. The van der Waals surface area contributed by atoms with Crippen LogP contribution in [-0.4, -0.2) is 108 Å². The molecule has 1 aromatic carbocycles. The summed E-state index contributed by atoms with van der Waals surface area (Å²) in [4.78, 5) is 56.9. The average molecular weight is 762 g/mol. The molecule has 3 saturated carbocycles. The number of fused-ring (bicyclic) bond motifs is 1. The molecule has 13 nitrogen and oxygen atoms in total. The molecule has 3 aliphatic carbocycles. The molecule has 3 unspecified atom stereocenters. The maximum atomic E-state index is 13.5.